The molecule has 90 valence electrons. The number of halogens is 1. The van der Waals surface area contributed by atoms with Crippen LogP contribution in [-0.2, 0) is 6.54 Å². The summed E-state index contributed by atoms with van der Waals surface area (Å²) in [7, 11) is 0. The average molecular weight is 243 g/mol. The fraction of sp³-hybridized carbons (Fsp3) is 0.583. The average Bonchev–Trinajstić information content (AvgIpc) is 2.19. The molecule has 0 saturated carbocycles. The minimum atomic E-state index is -0.317. The molecule has 0 amide bonds. The summed E-state index contributed by atoms with van der Waals surface area (Å²) in [5.41, 5.74) is 1.11. The second-order valence-corrected chi connectivity index (χ2v) is 4.75. The molecule has 0 aromatic carbocycles. The molecule has 3 nitrogen and oxygen atoms in total. The lowest BCUT2D eigenvalue weighted by Crippen LogP contribution is -2.36. The van der Waals surface area contributed by atoms with Crippen molar-refractivity contribution in [1.29, 1.82) is 0 Å². The predicted molar refractivity (Wildman–Crippen MR) is 66.5 cm³/mol. The van der Waals surface area contributed by atoms with Gasteiger partial charge in [-0.3, -0.25) is 4.90 Å². The van der Waals surface area contributed by atoms with Crippen molar-refractivity contribution in [2.75, 3.05) is 6.54 Å². The smallest absolute Gasteiger partial charge is 0.129 e. The molecule has 1 heterocycles. The number of pyridine rings is 1. The van der Waals surface area contributed by atoms with E-state index in [-0.39, 0.29) is 6.10 Å². The lowest BCUT2D eigenvalue weighted by Gasteiger charge is -2.27. The van der Waals surface area contributed by atoms with Gasteiger partial charge in [0.25, 0.3) is 0 Å². The maximum Gasteiger partial charge on any atom is 0.129 e. The fourth-order valence-corrected chi connectivity index (χ4v) is 1.64. The number of hydrogen-bond donors (Lipinski definition) is 1. The van der Waals surface area contributed by atoms with E-state index in [1.54, 1.807) is 19.2 Å². The number of aliphatic hydroxyl groups is 1. The van der Waals surface area contributed by atoms with E-state index in [1.807, 2.05) is 6.07 Å². The molecule has 0 spiro atoms. The minimum absolute atomic E-state index is 0.317. The summed E-state index contributed by atoms with van der Waals surface area (Å²) in [5.74, 6) is 0. The minimum Gasteiger partial charge on any atom is -0.392 e. The molecule has 16 heavy (non-hydrogen) atoms. The van der Waals surface area contributed by atoms with Crippen molar-refractivity contribution >= 4 is 11.6 Å². The summed E-state index contributed by atoms with van der Waals surface area (Å²) < 4.78 is 0. The van der Waals surface area contributed by atoms with Crippen molar-refractivity contribution in [1.82, 2.24) is 9.88 Å². The summed E-state index contributed by atoms with van der Waals surface area (Å²) in [6.45, 7) is 7.49. The highest BCUT2D eigenvalue weighted by molar-refractivity contribution is 6.29. The van der Waals surface area contributed by atoms with E-state index in [0.717, 1.165) is 12.1 Å². The maximum atomic E-state index is 9.42. The zero-order chi connectivity index (χ0) is 12.1. The summed E-state index contributed by atoms with van der Waals surface area (Å²) in [4.78, 5) is 6.25. The molecule has 0 aliphatic rings. The Morgan fingerprint density at radius 3 is 2.50 bits per heavy atom. The maximum absolute atomic E-state index is 9.42. The van der Waals surface area contributed by atoms with Crippen molar-refractivity contribution in [3.63, 3.8) is 0 Å². The number of hydrogen-bond acceptors (Lipinski definition) is 3. The second-order valence-electron chi connectivity index (χ2n) is 4.36. The fourth-order valence-electron chi connectivity index (χ4n) is 1.53. The SMILES string of the molecule is CC(O)CN(Cc1ccc(Cl)nc1)C(C)C. The van der Waals surface area contributed by atoms with Gasteiger partial charge >= 0.3 is 0 Å². The Kier molecular flexibility index (Phi) is 5.19. The number of rotatable bonds is 5. The Hall–Kier alpha value is -0.640. The Bertz CT molecular complexity index is 311. The molecule has 0 fully saturated rings. The quantitative estimate of drug-likeness (QED) is 0.806. The molecule has 1 rings (SSSR count). The monoisotopic (exact) mass is 242 g/mol. The summed E-state index contributed by atoms with van der Waals surface area (Å²) in [5, 5.41) is 9.93. The van der Waals surface area contributed by atoms with Crippen molar-refractivity contribution in [2.24, 2.45) is 0 Å². The van der Waals surface area contributed by atoms with Gasteiger partial charge < -0.3 is 5.11 Å². The zero-order valence-corrected chi connectivity index (χ0v) is 10.8. The molecular formula is C12H19ClN2O. The molecule has 0 radical (unpaired) electrons. The highest BCUT2D eigenvalue weighted by Crippen LogP contribution is 2.10. The Balaban J connectivity index is 2.64. The lowest BCUT2D eigenvalue weighted by atomic mass is 10.2. The molecule has 1 N–H and O–H groups in total. The zero-order valence-electron chi connectivity index (χ0n) is 10.0. The molecule has 1 atom stereocenters. The molecule has 1 unspecified atom stereocenters. The van der Waals surface area contributed by atoms with E-state index in [2.05, 4.69) is 23.7 Å². The van der Waals surface area contributed by atoms with E-state index in [4.69, 9.17) is 11.6 Å². The van der Waals surface area contributed by atoms with Gasteiger partial charge in [0.15, 0.2) is 0 Å². The van der Waals surface area contributed by atoms with Crippen LogP contribution >= 0.6 is 11.6 Å². The molecular weight excluding hydrogens is 224 g/mol. The van der Waals surface area contributed by atoms with Crippen LogP contribution in [0.2, 0.25) is 5.15 Å². The number of aromatic nitrogens is 1. The molecule has 0 saturated heterocycles. The molecule has 0 aliphatic heterocycles. The van der Waals surface area contributed by atoms with Gasteiger partial charge in [0.05, 0.1) is 6.10 Å². The van der Waals surface area contributed by atoms with E-state index in [9.17, 15) is 5.11 Å². The van der Waals surface area contributed by atoms with Gasteiger partial charge in [0, 0.05) is 25.3 Å². The van der Waals surface area contributed by atoms with E-state index in [0.29, 0.717) is 17.7 Å². The van der Waals surface area contributed by atoms with E-state index >= 15 is 0 Å². The van der Waals surface area contributed by atoms with Crippen LogP contribution in [0.15, 0.2) is 18.3 Å². The van der Waals surface area contributed by atoms with E-state index in [1.165, 1.54) is 0 Å². The topological polar surface area (TPSA) is 36.4 Å². The van der Waals surface area contributed by atoms with E-state index < -0.39 is 0 Å². The first-order valence-corrected chi connectivity index (χ1v) is 5.89. The second kappa shape index (κ2) is 6.18. The lowest BCUT2D eigenvalue weighted by molar-refractivity contribution is 0.103. The highest BCUT2D eigenvalue weighted by atomic mass is 35.5. The third kappa shape index (κ3) is 4.47. The Morgan fingerprint density at radius 2 is 2.06 bits per heavy atom. The molecule has 0 aliphatic carbocycles. The van der Waals surface area contributed by atoms with Gasteiger partial charge in [-0.15, -0.1) is 0 Å². The van der Waals surface area contributed by atoms with Crippen LogP contribution in [0.3, 0.4) is 0 Å². The molecule has 0 bridgehead atoms. The molecule has 1 aromatic heterocycles. The summed E-state index contributed by atoms with van der Waals surface area (Å²) >= 11 is 5.73. The van der Waals surface area contributed by atoms with Gasteiger partial charge in [-0.2, -0.15) is 0 Å². The van der Waals surface area contributed by atoms with Crippen LogP contribution < -0.4 is 0 Å². The summed E-state index contributed by atoms with van der Waals surface area (Å²) in [6, 6.07) is 4.15. The molecule has 4 heteroatoms. The van der Waals surface area contributed by atoms with Crippen molar-refractivity contribution in [3.8, 4) is 0 Å². The van der Waals surface area contributed by atoms with Gasteiger partial charge in [-0.25, -0.2) is 4.98 Å². The largest absolute Gasteiger partial charge is 0.392 e. The van der Waals surface area contributed by atoms with Crippen molar-refractivity contribution in [2.45, 2.75) is 39.5 Å². The van der Waals surface area contributed by atoms with Crippen LogP contribution in [0.1, 0.15) is 26.3 Å². The normalized spacial score (nSPS) is 13.4. The van der Waals surface area contributed by atoms with Gasteiger partial charge in [-0.1, -0.05) is 17.7 Å². The van der Waals surface area contributed by atoms with Gasteiger partial charge in [-0.05, 0) is 32.4 Å². The van der Waals surface area contributed by atoms with Crippen LogP contribution in [0.4, 0.5) is 0 Å². The Morgan fingerprint density at radius 1 is 1.38 bits per heavy atom. The van der Waals surface area contributed by atoms with Crippen LogP contribution in [0.25, 0.3) is 0 Å². The summed E-state index contributed by atoms with van der Waals surface area (Å²) in [6.07, 6.45) is 1.46. The van der Waals surface area contributed by atoms with Crippen molar-refractivity contribution in [3.05, 3.63) is 29.0 Å². The van der Waals surface area contributed by atoms with Crippen LogP contribution in [-0.4, -0.2) is 33.7 Å². The Labute approximate surface area is 102 Å². The predicted octanol–water partition coefficient (Wildman–Crippen LogP) is 2.33. The first kappa shape index (κ1) is 13.4. The van der Waals surface area contributed by atoms with Gasteiger partial charge in [0.2, 0.25) is 0 Å². The highest BCUT2D eigenvalue weighted by Gasteiger charge is 2.12. The van der Waals surface area contributed by atoms with Crippen molar-refractivity contribution < 1.29 is 5.11 Å². The third-order valence-electron chi connectivity index (χ3n) is 2.40. The van der Waals surface area contributed by atoms with Gasteiger partial charge in [0.1, 0.15) is 5.15 Å². The van der Waals surface area contributed by atoms with Crippen LogP contribution in [0.5, 0.6) is 0 Å². The first-order valence-electron chi connectivity index (χ1n) is 5.51. The third-order valence-corrected chi connectivity index (χ3v) is 2.63. The van der Waals surface area contributed by atoms with Crippen LogP contribution in [0, 0.1) is 0 Å². The standard InChI is InChI=1S/C12H19ClN2O/c1-9(2)15(7-10(3)16)8-11-4-5-12(13)14-6-11/h4-6,9-10,16H,7-8H2,1-3H3. The number of nitrogens with zero attached hydrogens (tertiary/aromatic N) is 2. The number of aliphatic hydroxyl groups excluding tert-OH is 1. The molecule has 1 aromatic rings. The first-order chi connectivity index (χ1) is 7.49.